The molecule has 3 aromatic rings. The molecule has 4 rings (SSSR count). The van der Waals surface area contributed by atoms with E-state index in [9.17, 15) is 14.0 Å². The molecule has 0 saturated carbocycles. The van der Waals surface area contributed by atoms with Crippen molar-refractivity contribution >= 4 is 23.2 Å². The van der Waals surface area contributed by atoms with Crippen molar-refractivity contribution in [1.82, 2.24) is 14.7 Å². The molecule has 2 heterocycles. The maximum Gasteiger partial charge on any atom is 0.267 e. The Balaban J connectivity index is 1.24. The zero-order chi connectivity index (χ0) is 23.2. The molecule has 0 spiro atoms. The first-order valence-corrected chi connectivity index (χ1v) is 10.4. The summed E-state index contributed by atoms with van der Waals surface area (Å²) < 4.78 is 26.0. The fourth-order valence-electron chi connectivity index (χ4n) is 3.23. The molecule has 1 atom stereocenters. The Morgan fingerprint density at radius 3 is 2.94 bits per heavy atom. The maximum atomic E-state index is 13.3. The third-order valence-corrected chi connectivity index (χ3v) is 5.04. The van der Waals surface area contributed by atoms with E-state index in [-0.39, 0.29) is 30.7 Å². The van der Waals surface area contributed by atoms with Gasteiger partial charge in [-0.25, -0.2) is 4.39 Å². The van der Waals surface area contributed by atoms with E-state index >= 15 is 0 Å². The topological polar surface area (TPSA) is 97.7 Å². The Labute approximate surface area is 190 Å². The number of rotatable bonds is 8. The Morgan fingerprint density at radius 2 is 2.12 bits per heavy atom. The number of ether oxygens (including phenoxy) is 2. The Hall–Kier alpha value is -4.08. The zero-order valence-corrected chi connectivity index (χ0v) is 18.0. The number of carbonyl (C=O) groups is 2. The number of fused-ring (bicyclic) bond motifs is 1. The highest BCUT2D eigenvalue weighted by molar-refractivity contribution is 5.95. The van der Waals surface area contributed by atoms with Gasteiger partial charge in [0.15, 0.2) is 6.10 Å². The van der Waals surface area contributed by atoms with E-state index in [1.807, 2.05) is 30.3 Å². The van der Waals surface area contributed by atoms with E-state index < -0.39 is 6.10 Å². The van der Waals surface area contributed by atoms with Crippen molar-refractivity contribution in [3.63, 3.8) is 0 Å². The van der Waals surface area contributed by atoms with Crippen molar-refractivity contribution in [2.45, 2.75) is 12.6 Å². The predicted octanol–water partition coefficient (Wildman–Crippen LogP) is 2.37. The van der Waals surface area contributed by atoms with Gasteiger partial charge in [-0.1, -0.05) is 18.2 Å². The van der Waals surface area contributed by atoms with E-state index in [0.717, 1.165) is 5.75 Å². The number of carbonyl (C=O) groups excluding carboxylic acids is 2. The second-order valence-corrected chi connectivity index (χ2v) is 7.52. The van der Waals surface area contributed by atoms with Crippen molar-refractivity contribution in [2.75, 3.05) is 37.4 Å². The number of amides is 2. The van der Waals surface area contributed by atoms with Gasteiger partial charge in [0, 0.05) is 19.3 Å². The second kappa shape index (κ2) is 10.0. The predicted molar refractivity (Wildman–Crippen MR) is 120 cm³/mol. The van der Waals surface area contributed by atoms with Gasteiger partial charge < -0.3 is 25.0 Å². The fraction of sp³-hybridized carbons (Fsp3) is 0.261. The van der Waals surface area contributed by atoms with Crippen LogP contribution in [0.2, 0.25) is 0 Å². The quantitative estimate of drug-likeness (QED) is 0.544. The number of anilines is 2. The van der Waals surface area contributed by atoms with E-state index in [1.54, 1.807) is 18.1 Å². The van der Waals surface area contributed by atoms with Crippen LogP contribution in [0.4, 0.5) is 15.8 Å². The monoisotopic (exact) mass is 453 g/mol. The van der Waals surface area contributed by atoms with Crippen molar-refractivity contribution in [2.24, 2.45) is 0 Å². The smallest absolute Gasteiger partial charge is 0.267 e. The highest BCUT2D eigenvalue weighted by atomic mass is 19.1. The number of nitrogens with zero attached hydrogens (tertiary/aromatic N) is 3. The molecule has 0 fully saturated rings. The van der Waals surface area contributed by atoms with Crippen LogP contribution in [-0.2, 0) is 16.1 Å². The molecule has 2 amide bonds. The van der Waals surface area contributed by atoms with Gasteiger partial charge in [-0.05, 0) is 24.3 Å². The van der Waals surface area contributed by atoms with Crippen LogP contribution in [0, 0.1) is 5.82 Å². The minimum Gasteiger partial charge on any atom is -0.492 e. The SMILES string of the molecule is CN(CCOc1ccccc1)C(=O)Cn1cc(NC(=O)C2CNc3cc(F)ccc3O2)cn1. The summed E-state index contributed by atoms with van der Waals surface area (Å²) in [7, 11) is 1.69. The largest absolute Gasteiger partial charge is 0.492 e. The van der Waals surface area contributed by atoms with Gasteiger partial charge in [-0.15, -0.1) is 0 Å². The lowest BCUT2D eigenvalue weighted by atomic mass is 10.2. The van der Waals surface area contributed by atoms with Crippen molar-refractivity contribution < 1.29 is 23.5 Å². The van der Waals surface area contributed by atoms with Crippen LogP contribution in [0.5, 0.6) is 11.5 Å². The van der Waals surface area contributed by atoms with Gasteiger partial charge in [-0.2, -0.15) is 5.10 Å². The third-order valence-electron chi connectivity index (χ3n) is 5.04. The summed E-state index contributed by atoms with van der Waals surface area (Å²) in [5.41, 5.74) is 0.944. The number of hydrogen-bond donors (Lipinski definition) is 2. The highest BCUT2D eigenvalue weighted by Gasteiger charge is 2.26. The van der Waals surface area contributed by atoms with Crippen molar-refractivity contribution in [1.29, 1.82) is 0 Å². The highest BCUT2D eigenvalue weighted by Crippen LogP contribution is 2.29. The van der Waals surface area contributed by atoms with Crippen molar-refractivity contribution in [3.05, 3.63) is 66.7 Å². The van der Waals surface area contributed by atoms with E-state index in [1.165, 1.54) is 29.1 Å². The van der Waals surface area contributed by atoms with Gasteiger partial charge in [0.25, 0.3) is 5.91 Å². The molecule has 172 valence electrons. The lowest BCUT2D eigenvalue weighted by Gasteiger charge is -2.26. The lowest BCUT2D eigenvalue weighted by molar-refractivity contribution is -0.131. The molecular weight excluding hydrogens is 429 g/mol. The Bertz CT molecular complexity index is 1120. The molecule has 1 aromatic heterocycles. The molecule has 33 heavy (non-hydrogen) atoms. The summed E-state index contributed by atoms with van der Waals surface area (Å²) in [5.74, 6) is 0.251. The summed E-state index contributed by atoms with van der Waals surface area (Å²) >= 11 is 0. The summed E-state index contributed by atoms with van der Waals surface area (Å²) in [4.78, 5) is 26.5. The van der Waals surface area contributed by atoms with Gasteiger partial charge in [0.1, 0.15) is 30.5 Å². The molecule has 0 saturated heterocycles. The summed E-state index contributed by atoms with van der Waals surface area (Å²) in [5, 5.41) is 9.84. The average molecular weight is 453 g/mol. The second-order valence-electron chi connectivity index (χ2n) is 7.52. The van der Waals surface area contributed by atoms with Crippen LogP contribution in [0.25, 0.3) is 0 Å². The molecule has 10 heteroatoms. The molecular formula is C23H24FN5O4. The third kappa shape index (κ3) is 5.79. The summed E-state index contributed by atoms with van der Waals surface area (Å²) in [6.45, 7) is 1.02. The number of para-hydroxylation sites is 1. The molecule has 0 aliphatic carbocycles. The van der Waals surface area contributed by atoms with Crippen LogP contribution < -0.4 is 20.1 Å². The van der Waals surface area contributed by atoms with Gasteiger partial charge >= 0.3 is 0 Å². The van der Waals surface area contributed by atoms with Crippen LogP contribution >= 0.6 is 0 Å². The number of likely N-dealkylation sites (N-methyl/N-ethyl adjacent to an activating group) is 1. The van der Waals surface area contributed by atoms with E-state index in [4.69, 9.17) is 9.47 Å². The Kier molecular flexibility index (Phi) is 6.72. The first-order valence-electron chi connectivity index (χ1n) is 10.4. The Morgan fingerprint density at radius 1 is 1.30 bits per heavy atom. The van der Waals surface area contributed by atoms with Crippen LogP contribution in [0.3, 0.4) is 0 Å². The lowest BCUT2D eigenvalue weighted by Crippen LogP contribution is -2.41. The molecule has 2 N–H and O–H groups in total. The minimum atomic E-state index is -0.788. The van der Waals surface area contributed by atoms with Crippen molar-refractivity contribution in [3.8, 4) is 11.5 Å². The number of benzene rings is 2. The minimum absolute atomic E-state index is 0.0259. The van der Waals surface area contributed by atoms with Crippen LogP contribution in [-0.4, -0.2) is 59.3 Å². The fourth-order valence-corrected chi connectivity index (χ4v) is 3.23. The van der Waals surface area contributed by atoms with Crippen LogP contribution in [0.1, 0.15) is 0 Å². The first-order chi connectivity index (χ1) is 16.0. The molecule has 1 unspecified atom stereocenters. The zero-order valence-electron chi connectivity index (χ0n) is 18.0. The average Bonchev–Trinajstić information content (AvgIpc) is 3.25. The van der Waals surface area contributed by atoms with Gasteiger partial charge in [0.05, 0.1) is 30.7 Å². The van der Waals surface area contributed by atoms with Crippen LogP contribution in [0.15, 0.2) is 60.9 Å². The standard InChI is InChI=1S/C23H24FN5O4/c1-28(9-10-32-18-5-3-2-4-6-18)22(30)15-29-14-17(12-26-29)27-23(31)21-13-25-19-11-16(24)7-8-20(19)33-21/h2-8,11-12,14,21,25H,9-10,13,15H2,1H3,(H,27,31). The first kappa shape index (κ1) is 22.1. The maximum absolute atomic E-state index is 13.3. The molecule has 0 bridgehead atoms. The van der Waals surface area contributed by atoms with Gasteiger partial charge in [0.2, 0.25) is 5.91 Å². The summed E-state index contributed by atoms with van der Waals surface area (Å²) in [6, 6.07) is 13.4. The molecule has 2 aromatic carbocycles. The molecule has 9 nitrogen and oxygen atoms in total. The van der Waals surface area contributed by atoms with E-state index in [2.05, 4.69) is 15.7 Å². The van der Waals surface area contributed by atoms with E-state index in [0.29, 0.717) is 30.3 Å². The number of halogens is 1. The number of nitrogens with one attached hydrogen (secondary N) is 2. The molecule has 1 aliphatic heterocycles. The van der Waals surface area contributed by atoms with Gasteiger partial charge in [-0.3, -0.25) is 14.3 Å². The molecule has 1 aliphatic rings. The normalized spacial score (nSPS) is 14.4. The summed E-state index contributed by atoms with van der Waals surface area (Å²) in [6.07, 6.45) is 2.25. The molecule has 0 radical (unpaired) electrons. The number of hydrogen-bond acceptors (Lipinski definition) is 6. The number of aromatic nitrogens is 2.